The highest BCUT2D eigenvalue weighted by molar-refractivity contribution is 7.81. The van der Waals surface area contributed by atoms with Crippen LogP contribution in [0.2, 0.25) is 0 Å². The van der Waals surface area contributed by atoms with Gasteiger partial charge in [0.25, 0.3) is 0 Å². The van der Waals surface area contributed by atoms with Crippen LogP contribution in [0.5, 0.6) is 0 Å². The van der Waals surface area contributed by atoms with Crippen molar-refractivity contribution in [1.82, 2.24) is 15.1 Å². The average Bonchev–Trinajstić information content (AvgIpc) is 3.33. The van der Waals surface area contributed by atoms with Crippen molar-refractivity contribution >= 4 is 36.3 Å². The van der Waals surface area contributed by atoms with Crippen LogP contribution < -0.4 is 11.1 Å². The molecule has 2 aliphatic rings. The summed E-state index contributed by atoms with van der Waals surface area (Å²) in [7, 11) is 0. The highest BCUT2D eigenvalue weighted by Crippen LogP contribution is 2.26. The number of hydrogen-bond acceptors (Lipinski definition) is 5. The molecule has 2 aliphatic heterocycles. The molecule has 1 unspecified atom stereocenters. The Bertz CT molecular complexity index is 615. The fourth-order valence-corrected chi connectivity index (χ4v) is 4.21. The summed E-state index contributed by atoms with van der Waals surface area (Å²) < 4.78 is 0. The standard InChI is InChI=1S/C19H32N4O4S/c1-3-4-9-15(28)19(27)23-11-6-8-14(23)18(26)22-10-5-7-13(22)17(25)21-12(2)16(20)24/h12-15,28H,3-11H2,1-2H3,(H2,20,24)(H,21,25)/t12-,13-,14-,15?/m0/s1. The van der Waals surface area contributed by atoms with Crippen LogP contribution in [-0.2, 0) is 19.2 Å². The van der Waals surface area contributed by atoms with Gasteiger partial charge in [-0.25, -0.2) is 0 Å². The maximum atomic E-state index is 13.2. The smallest absolute Gasteiger partial charge is 0.246 e. The SMILES string of the molecule is CCCCC(S)C(=O)N1CCC[C@H]1C(=O)N1CCC[C@H]1C(=O)N[C@@H](C)C(N)=O. The number of carbonyl (C=O) groups excluding carboxylic acids is 4. The van der Waals surface area contributed by atoms with Gasteiger partial charge < -0.3 is 20.9 Å². The molecule has 0 bridgehead atoms. The molecule has 2 heterocycles. The number of nitrogens with zero attached hydrogens (tertiary/aromatic N) is 2. The number of rotatable bonds is 8. The topological polar surface area (TPSA) is 113 Å². The van der Waals surface area contributed by atoms with E-state index in [0.29, 0.717) is 38.8 Å². The molecule has 2 rings (SSSR count). The van der Waals surface area contributed by atoms with E-state index in [-0.39, 0.29) is 17.7 Å². The lowest BCUT2D eigenvalue weighted by Gasteiger charge is -2.32. The van der Waals surface area contributed by atoms with Crippen LogP contribution in [0.15, 0.2) is 0 Å². The lowest BCUT2D eigenvalue weighted by atomic mass is 10.1. The minimum absolute atomic E-state index is 0.102. The average molecular weight is 413 g/mol. The molecule has 4 atom stereocenters. The third-order valence-electron chi connectivity index (χ3n) is 5.56. The molecule has 0 saturated carbocycles. The van der Waals surface area contributed by atoms with Crippen molar-refractivity contribution in [3.8, 4) is 0 Å². The molecule has 3 N–H and O–H groups in total. The number of thiol groups is 1. The second-order valence-corrected chi connectivity index (χ2v) is 8.29. The van der Waals surface area contributed by atoms with Crippen molar-refractivity contribution in [1.29, 1.82) is 0 Å². The maximum Gasteiger partial charge on any atom is 0.246 e. The molecule has 0 aliphatic carbocycles. The number of carbonyl (C=O) groups is 4. The van der Waals surface area contributed by atoms with Gasteiger partial charge in [-0.1, -0.05) is 19.8 Å². The van der Waals surface area contributed by atoms with Crippen LogP contribution in [0.1, 0.15) is 58.8 Å². The molecule has 28 heavy (non-hydrogen) atoms. The monoisotopic (exact) mass is 412 g/mol. The Morgan fingerprint density at radius 1 is 1.11 bits per heavy atom. The maximum absolute atomic E-state index is 13.2. The van der Waals surface area contributed by atoms with Crippen LogP contribution in [0.3, 0.4) is 0 Å². The van der Waals surface area contributed by atoms with E-state index >= 15 is 0 Å². The van der Waals surface area contributed by atoms with E-state index in [0.717, 1.165) is 19.3 Å². The lowest BCUT2D eigenvalue weighted by molar-refractivity contribution is -0.146. The molecular formula is C19H32N4O4S. The van der Waals surface area contributed by atoms with Gasteiger partial charge in [-0.15, -0.1) is 0 Å². The van der Waals surface area contributed by atoms with Crippen molar-refractivity contribution in [2.24, 2.45) is 5.73 Å². The van der Waals surface area contributed by atoms with Crippen molar-refractivity contribution in [2.75, 3.05) is 13.1 Å². The van der Waals surface area contributed by atoms with Gasteiger partial charge in [0.2, 0.25) is 23.6 Å². The summed E-state index contributed by atoms with van der Waals surface area (Å²) in [5.74, 6) is -1.28. The number of likely N-dealkylation sites (tertiary alicyclic amines) is 2. The minimum atomic E-state index is -0.793. The first kappa shape index (κ1) is 22.5. The Kier molecular flexibility index (Phi) is 8.15. The molecular weight excluding hydrogens is 380 g/mol. The van der Waals surface area contributed by atoms with Gasteiger partial charge in [-0.3, -0.25) is 19.2 Å². The van der Waals surface area contributed by atoms with Crippen LogP contribution in [-0.4, -0.2) is 69.9 Å². The summed E-state index contributed by atoms with van der Waals surface area (Å²) in [6.07, 6.45) is 5.20. The summed E-state index contributed by atoms with van der Waals surface area (Å²) in [5, 5.41) is 2.17. The Balaban J connectivity index is 2.05. The van der Waals surface area contributed by atoms with Gasteiger partial charge in [0.1, 0.15) is 18.1 Å². The first-order chi connectivity index (χ1) is 13.3. The van der Waals surface area contributed by atoms with E-state index in [9.17, 15) is 19.2 Å². The van der Waals surface area contributed by atoms with Gasteiger partial charge in [-0.2, -0.15) is 12.6 Å². The number of nitrogens with one attached hydrogen (secondary N) is 1. The van der Waals surface area contributed by atoms with Crippen molar-refractivity contribution in [3.63, 3.8) is 0 Å². The van der Waals surface area contributed by atoms with Crippen LogP contribution in [0.4, 0.5) is 0 Å². The molecule has 9 heteroatoms. The fraction of sp³-hybridized carbons (Fsp3) is 0.789. The quantitative estimate of drug-likeness (QED) is 0.502. The summed E-state index contributed by atoms with van der Waals surface area (Å²) >= 11 is 4.44. The third kappa shape index (κ3) is 5.18. The largest absolute Gasteiger partial charge is 0.368 e. The molecule has 0 radical (unpaired) electrons. The van der Waals surface area contributed by atoms with E-state index in [1.54, 1.807) is 9.80 Å². The molecule has 2 saturated heterocycles. The highest BCUT2D eigenvalue weighted by atomic mass is 32.1. The van der Waals surface area contributed by atoms with E-state index < -0.39 is 29.3 Å². The summed E-state index contributed by atoms with van der Waals surface area (Å²) in [5.41, 5.74) is 5.21. The van der Waals surface area contributed by atoms with Crippen LogP contribution in [0.25, 0.3) is 0 Å². The molecule has 158 valence electrons. The second-order valence-electron chi connectivity index (χ2n) is 7.67. The first-order valence-corrected chi connectivity index (χ1v) is 10.7. The number of amides is 4. The normalized spacial score (nSPS) is 24.1. The summed E-state index contributed by atoms with van der Waals surface area (Å²) in [6, 6.07) is -1.96. The van der Waals surface area contributed by atoms with Crippen molar-refractivity contribution < 1.29 is 19.2 Å². The zero-order valence-electron chi connectivity index (χ0n) is 16.7. The van der Waals surface area contributed by atoms with E-state index in [4.69, 9.17) is 5.73 Å². The molecule has 4 amide bonds. The van der Waals surface area contributed by atoms with Gasteiger partial charge in [0.05, 0.1) is 5.25 Å². The van der Waals surface area contributed by atoms with Crippen molar-refractivity contribution in [2.45, 2.75) is 82.2 Å². The highest BCUT2D eigenvalue weighted by Gasteiger charge is 2.43. The van der Waals surface area contributed by atoms with Gasteiger partial charge in [0, 0.05) is 13.1 Å². The fourth-order valence-electron chi connectivity index (χ4n) is 3.87. The summed E-state index contributed by atoms with van der Waals surface area (Å²) in [6.45, 7) is 4.59. The Morgan fingerprint density at radius 3 is 2.32 bits per heavy atom. The van der Waals surface area contributed by atoms with E-state index in [1.165, 1.54) is 6.92 Å². The van der Waals surface area contributed by atoms with Crippen LogP contribution >= 0.6 is 12.6 Å². The molecule has 0 aromatic heterocycles. The van der Waals surface area contributed by atoms with E-state index in [1.807, 2.05) is 0 Å². The zero-order valence-corrected chi connectivity index (χ0v) is 17.6. The molecule has 2 fully saturated rings. The van der Waals surface area contributed by atoms with Gasteiger partial charge in [0.15, 0.2) is 0 Å². The third-order valence-corrected chi connectivity index (χ3v) is 6.04. The molecule has 0 spiro atoms. The molecule has 8 nitrogen and oxygen atoms in total. The zero-order chi connectivity index (χ0) is 20.8. The number of primary amides is 1. The van der Waals surface area contributed by atoms with E-state index in [2.05, 4.69) is 24.9 Å². The number of unbranched alkanes of at least 4 members (excludes halogenated alkanes) is 1. The Labute approximate surface area is 172 Å². The van der Waals surface area contributed by atoms with Crippen molar-refractivity contribution in [3.05, 3.63) is 0 Å². The van der Waals surface area contributed by atoms with Crippen LogP contribution in [0, 0.1) is 0 Å². The second kappa shape index (κ2) is 10.1. The summed E-state index contributed by atoms with van der Waals surface area (Å²) in [4.78, 5) is 52.9. The Hall–Kier alpha value is -1.77. The Morgan fingerprint density at radius 2 is 1.71 bits per heavy atom. The van der Waals surface area contributed by atoms with Gasteiger partial charge >= 0.3 is 0 Å². The predicted octanol–water partition coefficient (Wildman–Crippen LogP) is 0.447. The van der Waals surface area contributed by atoms with Gasteiger partial charge in [-0.05, 0) is 39.0 Å². The molecule has 0 aromatic rings. The molecule has 0 aromatic carbocycles. The number of nitrogens with two attached hydrogens (primary N) is 1. The lowest BCUT2D eigenvalue weighted by Crippen LogP contribution is -2.55. The first-order valence-electron chi connectivity index (χ1n) is 10.2. The minimum Gasteiger partial charge on any atom is -0.368 e. The number of hydrogen-bond donors (Lipinski definition) is 3. The predicted molar refractivity (Wildman–Crippen MR) is 109 cm³/mol.